The molecule has 2 fully saturated rings. The summed E-state index contributed by atoms with van der Waals surface area (Å²) >= 11 is 1.66. The second kappa shape index (κ2) is 8.31. The van der Waals surface area contributed by atoms with Gasteiger partial charge < -0.3 is 4.90 Å². The van der Waals surface area contributed by atoms with Crippen molar-refractivity contribution in [3.8, 4) is 0 Å². The summed E-state index contributed by atoms with van der Waals surface area (Å²) in [4.78, 5) is 22.1. The second-order valence-corrected chi connectivity index (χ2v) is 8.34. The number of nitrogens with zero attached hydrogens (tertiary/aromatic N) is 3. The first-order valence-electron chi connectivity index (χ1n) is 9.83. The Hall–Kier alpha value is -1.72. The zero-order chi connectivity index (χ0) is 17.8. The highest BCUT2D eigenvalue weighted by Crippen LogP contribution is 2.33. The SMILES string of the molecule is O=C(c1ccc(CN2CCCCC2)cc1)N1CCCCC1c1nccs1. The highest BCUT2D eigenvalue weighted by atomic mass is 32.1. The molecule has 1 aromatic carbocycles. The fraction of sp³-hybridized carbons (Fsp3) is 0.524. The van der Waals surface area contributed by atoms with Gasteiger partial charge >= 0.3 is 0 Å². The highest BCUT2D eigenvalue weighted by Gasteiger charge is 2.30. The van der Waals surface area contributed by atoms with E-state index in [1.807, 2.05) is 28.6 Å². The van der Waals surface area contributed by atoms with E-state index in [-0.39, 0.29) is 11.9 Å². The third-order valence-corrected chi connectivity index (χ3v) is 6.43. The molecule has 1 amide bonds. The van der Waals surface area contributed by atoms with E-state index in [9.17, 15) is 4.79 Å². The average molecular weight is 370 g/mol. The summed E-state index contributed by atoms with van der Waals surface area (Å²) in [5, 5.41) is 3.07. The van der Waals surface area contributed by atoms with Crippen LogP contribution in [0.1, 0.15) is 65.5 Å². The smallest absolute Gasteiger partial charge is 0.254 e. The van der Waals surface area contributed by atoms with E-state index in [2.05, 4.69) is 22.0 Å². The molecule has 0 spiro atoms. The Morgan fingerprint density at radius 3 is 2.54 bits per heavy atom. The summed E-state index contributed by atoms with van der Waals surface area (Å²) in [6, 6.07) is 8.42. The molecule has 0 bridgehead atoms. The third-order valence-electron chi connectivity index (χ3n) is 5.56. The standard InChI is InChI=1S/C21H27N3OS/c25-21(24-14-5-2-6-19(24)20-22-11-15-26-20)18-9-7-17(8-10-18)16-23-12-3-1-4-13-23/h7-11,15,19H,1-6,12-14,16H2. The molecule has 1 aromatic heterocycles. The van der Waals surface area contributed by atoms with E-state index in [0.717, 1.165) is 36.5 Å². The molecule has 2 aliphatic rings. The Bertz CT molecular complexity index is 707. The molecule has 0 radical (unpaired) electrons. The molecule has 0 aliphatic carbocycles. The molecule has 4 nitrogen and oxygen atoms in total. The molecule has 2 aliphatic heterocycles. The van der Waals surface area contributed by atoms with Crippen LogP contribution in [0.3, 0.4) is 0 Å². The summed E-state index contributed by atoms with van der Waals surface area (Å²) in [7, 11) is 0. The normalized spacial score (nSPS) is 21.7. The number of carbonyl (C=O) groups is 1. The van der Waals surface area contributed by atoms with Crippen molar-refractivity contribution in [1.29, 1.82) is 0 Å². The average Bonchev–Trinajstić information content (AvgIpc) is 3.24. The van der Waals surface area contributed by atoms with Gasteiger partial charge in [0.05, 0.1) is 6.04 Å². The van der Waals surface area contributed by atoms with Crippen molar-refractivity contribution in [3.05, 3.63) is 52.0 Å². The van der Waals surface area contributed by atoms with Crippen molar-refractivity contribution in [1.82, 2.24) is 14.8 Å². The van der Waals surface area contributed by atoms with Gasteiger partial charge in [0.2, 0.25) is 0 Å². The minimum atomic E-state index is 0.143. The number of thiazole rings is 1. The van der Waals surface area contributed by atoms with Crippen molar-refractivity contribution in [2.24, 2.45) is 0 Å². The van der Waals surface area contributed by atoms with Gasteiger partial charge in [-0.05, 0) is 62.9 Å². The Morgan fingerprint density at radius 2 is 1.81 bits per heavy atom. The molecule has 1 atom stereocenters. The number of amides is 1. The molecule has 4 rings (SSSR count). The topological polar surface area (TPSA) is 36.4 Å². The van der Waals surface area contributed by atoms with Gasteiger partial charge in [-0.3, -0.25) is 9.69 Å². The minimum Gasteiger partial charge on any atom is -0.329 e. The molecule has 2 saturated heterocycles. The summed E-state index contributed by atoms with van der Waals surface area (Å²) in [6.45, 7) is 4.23. The summed E-state index contributed by atoms with van der Waals surface area (Å²) in [5.74, 6) is 0.148. The first kappa shape index (κ1) is 17.7. The van der Waals surface area contributed by atoms with Crippen LogP contribution in [0.4, 0.5) is 0 Å². The molecule has 0 saturated carbocycles. The highest BCUT2D eigenvalue weighted by molar-refractivity contribution is 7.09. The molecule has 3 heterocycles. The largest absolute Gasteiger partial charge is 0.329 e. The first-order valence-corrected chi connectivity index (χ1v) is 10.7. The summed E-state index contributed by atoms with van der Waals surface area (Å²) in [6.07, 6.45) is 9.09. The van der Waals surface area contributed by atoms with Crippen molar-refractivity contribution in [2.45, 2.75) is 51.1 Å². The Balaban J connectivity index is 1.45. The first-order chi connectivity index (χ1) is 12.8. The van der Waals surface area contributed by atoms with Gasteiger partial charge in [0, 0.05) is 30.2 Å². The Morgan fingerprint density at radius 1 is 1.04 bits per heavy atom. The van der Waals surface area contributed by atoms with Crippen LogP contribution in [-0.2, 0) is 6.54 Å². The number of hydrogen-bond donors (Lipinski definition) is 0. The zero-order valence-corrected chi connectivity index (χ0v) is 16.1. The van der Waals surface area contributed by atoms with Gasteiger partial charge in [-0.15, -0.1) is 11.3 Å². The second-order valence-electron chi connectivity index (χ2n) is 7.41. The van der Waals surface area contributed by atoms with Gasteiger partial charge in [-0.25, -0.2) is 4.98 Å². The van der Waals surface area contributed by atoms with Crippen LogP contribution in [0, 0.1) is 0 Å². The molecule has 138 valence electrons. The van der Waals surface area contributed by atoms with Gasteiger partial charge in [0.25, 0.3) is 5.91 Å². The summed E-state index contributed by atoms with van der Waals surface area (Å²) < 4.78 is 0. The van der Waals surface area contributed by atoms with E-state index in [1.54, 1.807) is 11.3 Å². The summed E-state index contributed by atoms with van der Waals surface area (Å²) in [5.41, 5.74) is 2.11. The lowest BCUT2D eigenvalue weighted by Gasteiger charge is -2.34. The van der Waals surface area contributed by atoms with Crippen LogP contribution < -0.4 is 0 Å². The minimum absolute atomic E-state index is 0.143. The predicted molar refractivity (Wildman–Crippen MR) is 105 cm³/mol. The van der Waals surface area contributed by atoms with E-state index in [1.165, 1.54) is 44.3 Å². The van der Waals surface area contributed by atoms with Gasteiger partial charge in [-0.2, -0.15) is 0 Å². The number of likely N-dealkylation sites (tertiary alicyclic amines) is 2. The van der Waals surface area contributed by atoms with Crippen LogP contribution in [-0.4, -0.2) is 40.3 Å². The molecule has 5 heteroatoms. The lowest BCUT2D eigenvalue weighted by molar-refractivity contribution is 0.0611. The quantitative estimate of drug-likeness (QED) is 0.796. The predicted octanol–water partition coefficient (Wildman–Crippen LogP) is 4.50. The molecule has 26 heavy (non-hydrogen) atoms. The molecule has 1 unspecified atom stereocenters. The van der Waals surface area contributed by atoms with Crippen molar-refractivity contribution in [3.63, 3.8) is 0 Å². The van der Waals surface area contributed by atoms with Crippen LogP contribution in [0.2, 0.25) is 0 Å². The van der Waals surface area contributed by atoms with E-state index >= 15 is 0 Å². The van der Waals surface area contributed by atoms with E-state index in [0.29, 0.717) is 0 Å². The van der Waals surface area contributed by atoms with Crippen LogP contribution >= 0.6 is 11.3 Å². The monoisotopic (exact) mass is 369 g/mol. The van der Waals surface area contributed by atoms with E-state index < -0.39 is 0 Å². The van der Waals surface area contributed by atoms with Crippen LogP contribution in [0.25, 0.3) is 0 Å². The number of carbonyl (C=O) groups excluding carboxylic acids is 1. The number of piperidine rings is 2. The van der Waals surface area contributed by atoms with Crippen molar-refractivity contribution < 1.29 is 4.79 Å². The number of rotatable bonds is 4. The Labute approximate surface area is 159 Å². The third kappa shape index (κ3) is 3.99. The maximum atomic E-state index is 13.1. The lowest BCUT2D eigenvalue weighted by atomic mass is 10.0. The van der Waals surface area contributed by atoms with E-state index in [4.69, 9.17) is 0 Å². The molecule has 2 aromatic rings. The van der Waals surface area contributed by atoms with Crippen LogP contribution in [0.15, 0.2) is 35.8 Å². The van der Waals surface area contributed by atoms with Gasteiger partial charge in [-0.1, -0.05) is 18.6 Å². The van der Waals surface area contributed by atoms with Crippen LogP contribution in [0.5, 0.6) is 0 Å². The van der Waals surface area contributed by atoms with Gasteiger partial charge in [0.15, 0.2) is 0 Å². The van der Waals surface area contributed by atoms with Crippen molar-refractivity contribution >= 4 is 17.2 Å². The zero-order valence-electron chi connectivity index (χ0n) is 15.3. The van der Waals surface area contributed by atoms with Gasteiger partial charge in [0.1, 0.15) is 5.01 Å². The lowest BCUT2D eigenvalue weighted by Crippen LogP contribution is -2.38. The fourth-order valence-corrected chi connectivity index (χ4v) is 4.91. The maximum absolute atomic E-state index is 13.1. The maximum Gasteiger partial charge on any atom is 0.254 e. The van der Waals surface area contributed by atoms with Crippen molar-refractivity contribution in [2.75, 3.05) is 19.6 Å². The molecule has 0 N–H and O–H groups in total. The number of hydrogen-bond acceptors (Lipinski definition) is 4. The molecular weight excluding hydrogens is 342 g/mol. The molecular formula is C21H27N3OS. The fourth-order valence-electron chi connectivity index (χ4n) is 4.12. The number of benzene rings is 1. The number of aromatic nitrogens is 1. The Kier molecular flexibility index (Phi) is 5.65.